The molecule has 4 N–H and O–H groups in total. The zero-order valence-corrected chi connectivity index (χ0v) is 23.4. The minimum Gasteiger partial charge on any atom is -0.490 e. The molecule has 2 heterocycles. The summed E-state index contributed by atoms with van der Waals surface area (Å²) in [6, 6.07) is 13.3. The summed E-state index contributed by atoms with van der Waals surface area (Å²) in [5, 5.41) is 18.2. The lowest BCUT2D eigenvalue weighted by molar-refractivity contribution is 0.0945. The van der Waals surface area contributed by atoms with E-state index in [0.29, 0.717) is 11.5 Å². The quantitative estimate of drug-likeness (QED) is 0.252. The fourth-order valence-electron chi connectivity index (χ4n) is 4.62. The van der Waals surface area contributed by atoms with E-state index >= 15 is 0 Å². The highest BCUT2D eigenvalue weighted by Crippen LogP contribution is 2.27. The highest BCUT2D eigenvalue weighted by Gasteiger charge is 2.26. The van der Waals surface area contributed by atoms with Gasteiger partial charge in [-0.25, -0.2) is 10.2 Å². The Morgan fingerprint density at radius 1 is 1.07 bits per heavy atom. The van der Waals surface area contributed by atoms with E-state index in [1.54, 1.807) is 6.07 Å². The van der Waals surface area contributed by atoms with Crippen LogP contribution in [-0.4, -0.2) is 34.6 Å². The molecule has 3 aromatic rings. The predicted octanol–water partition coefficient (Wildman–Crippen LogP) is 5.86. The van der Waals surface area contributed by atoms with E-state index in [4.69, 9.17) is 10.00 Å². The van der Waals surface area contributed by atoms with E-state index in [9.17, 15) is 9.59 Å². The van der Waals surface area contributed by atoms with Crippen LogP contribution in [0.4, 0.5) is 11.4 Å². The van der Waals surface area contributed by atoms with Gasteiger partial charge in [0, 0.05) is 17.3 Å². The molecule has 9 nitrogen and oxygen atoms in total. The van der Waals surface area contributed by atoms with Gasteiger partial charge in [0.25, 0.3) is 18.5 Å². The van der Waals surface area contributed by atoms with Crippen molar-refractivity contribution in [3.8, 4) is 11.7 Å². The van der Waals surface area contributed by atoms with Crippen molar-refractivity contribution in [1.82, 2.24) is 15.3 Å². The van der Waals surface area contributed by atoms with Crippen LogP contribution < -0.4 is 20.7 Å². The molecule has 206 valence electrons. The topological polar surface area (TPSA) is 132 Å². The number of nitrogens with one attached hydrogen (secondary N) is 4. The highest BCUT2D eigenvalue weighted by molar-refractivity contribution is 6.67. The van der Waals surface area contributed by atoms with Crippen molar-refractivity contribution in [3.63, 3.8) is 0 Å². The number of nitrogens with zero attached hydrogens (tertiary/aromatic N) is 2. The van der Waals surface area contributed by atoms with E-state index in [-0.39, 0.29) is 24.2 Å². The molecule has 1 aliphatic heterocycles. The van der Waals surface area contributed by atoms with E-state index < -0.39 is 11.8 Å². The molecule has 1 aromatic heterocycles. The smallest absolute Gasteiger partial charge is 0.276 e. The molecule has 0 saturated carbocycles. The fraction of sp³-hybridized carbons (Fsp3) is 0.333. The standard InChI is InChI=1S/C30H35BN6O3/c1-5-19(2)28(35-24-9-7-6-8-20(24)3)37-30(39)27-26(33-18-34-27)29(38)36-25-11-10-23(16-21(25)4)40-22-12-14-31(17-32)15-13-22/h6-11,16,18,22,35H,5,12-15H2,1-4H3,(H,33,34)(H,36,38)(H,37,39)/b28-19-. The second kappa shape index (κ2) is 13.0. The van der Waals surface area contributed by atoms with Gasteiger partial charge in [0.15, 0.2) is 5.69 Å². The van der Waals surface area contributed by atoms with E-state index in [0.717, 1.165) is 60.0 Å². The SMILES string of the molecule is CC/C(C)=C(\NC(=O)c1[nH]cnc1C(=O)Nc1ccc(OC2CCB(C#N)CC2)cc1C)Nc1ccccc1C. The van der Waals surface area contributed by atoms with Gasteiger partial charge in [-0.3, -0.25) is 9.59 Å². The van der Waals surface area contributed by atoms with Crippen molar-refractivity contribution in [2.75, 3.05) is 10.6 Å². The van der Waals surface area contributed by atoms with Gasteiger partial charge in [0.05, 0.1) is 12.4 Å². The average molecular weight is 538 g/mol. The van der Waals surface area contributed by atoms with E-state index in [1.807, 2.05) is 64.1 Å². The van der Waals surface area contributed by atoms with Crippen molar-refractivity contribution in [2.24, 2.45) is 0 Å². The van der Waals surface area contributed by atoms with Crippen molar-refractivity contribution >= 4 is 29.9 Å². The molecule has 2 amide bonds. The Morgan fingerprint density at radius 2 is 1.80 bits per heavy atom. The third-order valence-corrected chi connectivity index (χ3v) is 7.29. The molecule has 2 aromatic carbocycles. The van der Waals surface area contributed by atoms with Gasteiger partial charge in [-0.1, -0.05) is 37.8 Å². The number of hydrogen-bond donors (Lipinski definition) is 4. The number of carbonyl (C=O) groups is 2. The molecule has 0 aliphatic carbocycles. The molecule has 40 heavy (non-hydrogen) atoms. The zero-order chi connectivity index (χ0) is 28.6. The lowest BCUT2D eigenvalue weighted by Crippen LogP contribution is -2.30. The summed E-state index contributed by atoms with van der Waals surface area (Å²) >= 11 is 0. The van der Waals surface area contributed by atoms with Crippen molar-refractivity contribution in [2.45, 2.75) is 65.7 Å². The number of imidazole rings is 1. The summed E-state index contributed by atoms with van der Waals surface area (Å²) in [5.41, 5.74) is 4.36. The Hall–Kier alpha value is -4.52. The number of para-hydroxylation sites is 1. The minimum absolute atomic E-state index is 0.00382. The lowest BCUT2D eigenvalue weighted by atomic mass is 9.42. The maximum Gasteiger partial charge on any atom is 0.276 e. The normalized spacial score (nSPS) is 14.1. The van der Waals surface area contributed by atoms with Gasteiger partial charge in [-0.2, -0.15) is 0 Å². The van der Waals surface area contributed by atoms with Crippen LogP contribution in [0.1, 0.15) is 65.2 Å². The minimum atomic E-state index is -0.498. The van der Waals surface area contributed by atoms with Crippen LogP contribution in [0.5, 0.6) is 5.75 Å². The number of benzene rings is 2. The predicted molar refractivity (Wildman–Crippen MR) is 158 cm³/mol. The number of H-pyrrole nitrogens is 1. The Balaban J connectivity index is 1.43. The fourth-order valence-corrected chi connectivity index (χ4v) is 4.62. The van der Waals surface area contributed by atoms with Crippen LogP contribution in [0, 0.1) is 25.1 Å². The molecule has 0 atom stereocenters. The summed E-state index contributed by atoms with van der Waals surface area (Å²) in [5.74, 6) is 2.66. The number of ether oxygens (including phenoxy) is 1. The van der Waals surface area contributed by atoms with Crippen LogP contribution in [0.25, 0.3) is 0 Å². The molecule has 0 radical (unpaired) electrons. The number of hydrogen-bond acceptors (Lipinski definition) is 6. The number of carbonyl (C=O) groups excluding carboxylic acids is 2. The molecule has 10 heteroatoms. The summed E-state index contributed by atoms with van der Waals surface area (Å²) < 4.78 is 6.12. The van der Waals surface area contributed by atoms with Crippen LogP contribution in [0.15, 0.2) is 60.2 Å². The number of nitriles is 1. The molecule has 1 saturated heterocycles. The Kier molecular flexibility index (Phi) is 9.28. The maximum atomic E-state index is 13.3. The molecule has 4 rings (SSSR count). The zero-order valence-electron chi connectivity index (χ0n) is 23.4. The van der Waals surface area contributed by atoms with Gasteiger partial charge >= 0.3 is 0 Å². The highest BCUT2D eigenvalue weighted by atomic mass is 16.5. The first kappa shape index (κ1) is 28.5. The first-order valence-electron chi connectivity index (χ1n) is 13.6. The Morgan fingerprint density at radius 3 is 2.48 bits per heavy atom. The number of aromatic nitrogens is 2. The summed E-state index contributed by atoms with van der Waals surface area (Å²) in [4.78, 5) is 33.4. The molecular weight excluding hydrogens is 503 g/mol. The van der Waals surface area contributed by atoms with Crippen molar-refractivity contribution < 1.29 is 14.3 Å². The first-order valence-corrected chi connectivity index (χ1v) is 13.6. The second-order valence-electron chi connectivity index (χ2n) is 10.2. The first-order chi connectivity index (χ1) is 19.3. The Labute approximate surface area is 235 Å². The molecule has 0 spiro atoms. The van der Waals surface area contributed by atoms with E-state index in [2.05, 4.69) is 31.9 Å². The third kappa shape index (κ3) is 6.91. The second-order valence-corrected chi connectivity index (χ2v) is 10.2. The molecule has 0 bridgehead atoms. The number of anilines is 2. The van der Waals surface area contributed by atoms with Gasteiger partial charge < -0.3 is 25.7 Å². The third-order valence-electron chi connectivity index (χ3n) is 7.29. The van der Waals surface area contributed by atoms with Crippen molar-refractivity contribution in [3.05, 3.63) is 82.7 Å². The summed E-state index contributed by atoms with van der Waals surface area (Å²) in [7, 11) is 0. The van der Waals surface area contributed by atoms with Crippen molar-refractivity contribution in [1.29, 1.82) is 5.26 Å². The Bertz CT molecular complexity index is 1450. The molecule has 1 aliphatic rings. The molecule has 0 unspecified atom stereocenters. The number of allylic oxidation sites excluding steroid dienone is 1. The average Bonchev–Trinajstić information content (AvgIpc) is 3.46. The van der Waals surface area contributed by atoms with Gasteiger partial charge in [0.2, 0.25) is 0 Å². The van der Waals surface area contributed by atoms with Crippen LogP contribution in [0.3, 0.4) is 0 Å². The maximum absolute atomic E-state index is 13.3. The lowest BCUT2D eigenvalue weighted by Gasteiger charge is -2.24. The van der Waals surface area contributed by atoms with Crippen LogP contribution in [0.2, 0.25) is 12.6 Å². The van der Waals surface area contributed by atoms with Gasteiger partial charge in [0.1, 0.15) is 17.3 Å². The molecular formula is C30H35BN6O3. The number of aryl methyl sites for hydroxylation is 2. The number of aromatic amines is 1. The summed E-state index contributed by atoms with van der Waals surface area (Å²) in [6.45, 7) is 7.94. The van der Waals surface area contributed by atoms with Crippen LogP contribution >= 0.6 is 0 Å². The molecule has 1 fully saturated rings. The summed E-state index contributed by atoms with van der Waals surface area (Å²) in [6.07, 6.45) is 5.56. The van der Waals surface area contributed by atoms with Gasteiger partial charge in [-0.15, -0.1) is 0 Å². The monoisotopic (exact) mass is 538 g/mol. The van der Waals surface area contributed by atoms with E-state index in [1.165, 1.54) is 6.33 Å². The van der Waals surface area contributed by atoms with Crippen LogP contribution in [-0.2, 0) is 0 Å². The number of amides is 2. The largest absolute Gasteiger partial charge is 0.490 e. The number of rotatable bonds is 9. The van der Waals surface area contributed by atoms with Gasteiger partial charge in [-0.05, 0) is 81.0 Å².